The van der Waals surface area contributed by atoms with Gasteiger partial charge in [-0.15, -0.1) is 0 Å². The third-order valence-corrected chi connectivity index (χ3v) is 8.22. The van der Waals surface area contributed by atoms with E-state index in [1.807, 2.05) is 0 Å². The number of hydrogen-bond acceptors (Lipinski definition) is 6. The third kappa shape index (κ3) is 6.88. The quantitative estimate of drug-likeness (QED) is 0.527. The molecule has 3 fully saturated rings. The Kier molecular flexibility index (Phi) is 9.41. The van der Waals surface area contributed by atoms with Crippen LogP contribution in [0.2, 0.25) is 0 Å². The zero-order valence-electron chi connectivity index (χ0n) is 20.9. The molecule has 2 atom stereocenters. The molecule has 3 aliphatic heterocycles. The largest absolute Gasteiger partial charge is 0.306 e. The van der Waals surface area contributed by atoms with E-state index in [1.165, 1.54) is 91.1 Å². The summed E-state index contributed by atoms with van der Waals surface area (Å²) >= 11 is 0. The molecule has 0 radical (unpaired) electrons. The molecule has 0 aromatic carbocycles. The minimum atomic E-state index is 0.684. The lowest BCUT2D eigenvalue weighted by atomic mass is 10.0. The molecule has 0 N–H and O–H groups in total. The first-order valence-corrected chi connectivity index (χ1v) is 12.6. The Morgan fingerprint density at radius 1 is 0.667 bits per heavy atom. The summed E-state index contributed by atoms with van der Waals surface area (Å²) < 4.78 is 0. The second-order valence-electron chi connectivity index (χ2n) is 10.8. The van der Waals surface area contributed by atoms with Crippen molar-refractivity contribution in [3.05, 3.63) is 0 Å². The Hall–Kier alpha value is -0.240. The van der Waals surface area contributed by atoms with E-state index in [4.69, 9.17) is 0 Å². The van der Waals surface area contributed by atoms with Crippen LogP contribution < -0.4 is 0 Å². The highest BCUT2D eigenvalue weighted by molar-refractivity contribution is 4.87. The van der Waals surface area contributed by atoms with Crippen LogP contribution in [-0.2, 0) is 0 Å². The van der Waals surface area contributed by atoms with Crippen LogP contribution in [0.1, 0.15) is 39.5 Å². The molecule has 0 aromatic heterocycles. The van der Waals surface area contributed by atoms with Crippen molar-refractivity contribution in [1.82, 2.24) is 29.4 Å². The van der Waals surface area contributed by atoms with Crippen molar-refractivity contribution in [1.29, 1.82) is 0 Å². The lowest BCUT2D eigenvalue weighted by Crippen LogP contribution is -2.49. The molecule has 3 heterocycles. The molecule has 6 nitrogen and oxygen atoms in total. The maximum atomic E-state index is 2.82. The fraction of sp³-hybridized carbons (Fsp3) is 1.00. The van der Waals surface area contributed by atoms with Crippen molar-refractivity contribution in [3.63, 3.8) is 0 Å². The van der Waals surface area contributed by atoms with E-state index >= 15 is 0 Å². The number of rotatable bonds is 10. The molecule has 3 rings (SSSR count). The summed E-state index contributed by atoms with van der Waals surface area (Å²) in [7, 11) is 9.27. The first-order valence-electron chi connectivity index (χ1n) is 12.6. The van der Waals surface area contributed by atoms with Gasteiger partial charge < -0.3 is 19.6 Å². The minimum absolute atomic E-state index is 0.684. The molecule has 2 unspecified atom stereocenters. The Balaban J connectivity index is 1.47. The molecule has 6 heteroatoms. The molecule has 0 saturated carbocycles. The Bertz CT molecular complexity index is 492. The second kappa shape index (κ2) is 11.6. The highest BCUT2D eigenvalue weighted by Crippen LogP contribution is 2.19. The van der Waals surface area contributed by atoms with Gasteiger partial charge in [-0.1, -0.05) is 0 Å². The van der Waals surface area contributed by atoms with Gasteiger partial charge in [0, 0.05) is 70.0 Å². The molecular formula is C24H50N6. The van der Waals surface area contributed by atoms with Gasteiger partial charge >= 0.3 is 0 Å². The zero-order chi connectivity index (χ0) is 21.7. The van der Waals surface area contributed by atoms with Crippen LogP contribution in [0.3, 0.4) is 0 Å². The predicted molar refractivity (Wildman–Crippen MR) is 128 cm³/mol. The second-order valence-corrected chi connectivity index (χ2v) is 10.8. The lowest BCUT2D eigenvalue weighted by Gasteiger charge is -2.37. The first kappa shape index (κ1) is 24.4. The molecular weight excluding hydrogens is 372 g/mol. The van der Waals surface area contributed by atoms with E-state index < -0.39 is 0 Å². The summed E-state index contributed by atoms with van der Waals surface area (Å²) in [4.78, 5) is 15.8. The molecule has 3 aliphatic rings. The topological polar surface area (TPSA) is 19.4 Å². The van der Waals surface area contributed by atoms with Crippen LogP contribution >= 0.6 is 0 Å². The monoisotopic (exact) mass is 422 g/mol. The van der Waals surface area contributed by atoms with Crippen molar-refractivity contribution < 1.29 is 0 Å². The van der Waals surface area contributed by atoms with Gasteiger partial charge in [-0.3, -0.25) is 9.80 Å². The Morgan fingerprint density at radius 3 is 1.73 bits per heavy atom. The summed E-state index contributed by atoms with van der Waals surface area (Å²) in [5.74, 6) is 0. The van der Waals surface area contributed by atoms with Gasteiger partial charge in [0.05, 0.1) is 0 Å². The van der Waals surface area contributed by atoms with Crippen molar-refractivity contribution in [3.8, 4) is 0 Å². The van der Waals surface area contributed by atoms with Crippen LogP contribution in [0.25, 0.3) is 0 Å². The number of piperidine rings is 1. The van der Waals surface area contributed by atoms with Gasteiger partial charge in [0.15, 0.2) is 0 Å². The molecule has 0 bridgehead atoms. The molecule has 0 aliphatic carbocycles. The van der Waals surface area contributed by atoms with E-state index in [1.54, 1.807) is 0 Å². The van der Waals surface area contributed by atoms with Crippen molar-refractivity contribution >= 4 is 0 Å². The standard InChI is InChI=1S/C24H50N6/c1-21(2)30-14-10-23(20-30)28(6)16-18-29(24-9-13-26(4)19-24)17-15-27(5)22-7-11-25(3)12-8-22/h21-24H,7-20H2,1-6H3. The van der Waals surface area contributed by atoms with E-state index in [0.29, 0.717) is 6.04 Å². The summed E-state index contributed by atoms with van der Waals surface area (Å²) in [5.41, 5.74) is 0. The molecule has 0 spiro atoms. The van der Waals surface area contributed by atoms with Gasteiger partial charge in [-0.25, -0.2) is 0 Å². The Morgan fingerprint density at radius 2 is 1.20 bits per heavy atom. The number of nitrogens with zero attached hydrogens (tertiary/aromatic N) is 6. The SMILES string of the molecule is CC(C)N1CCC(N(C)CCN(CCN(C)C2CCN(C)CC2)C2CCN(C)C2)C1. The zero-order valence-corrected chi connectivity index (χ0v) is 20.9. The van der Waals surface area contributed by atoms with E-state index in [2.05, 4.69) is 71.4 Å². The fourth-order valence-corrected chi connectivity index (χ4v) is 5.66. The van der Waals surface area contributed by atoms with Crippen LogP contribution in [0.4, 0.5) is 0 Å². The van der Waals surface area contributed by atoms with E-state index in [9.17, 15) is 0 Å². The fourth-order valence-electron chi connectivity index (χ4n) is 5.66. The van der Waals surface area contributed by atoms with Crippen LogP contribution in [0.5, 0.6) is 0 Å². The molecule has 30 heavy (non-hydrogen) atoms. The van der Waals surface area contributed by atoms with Crippen LogP contribution in [0, 0.1) is 0 Å². The molecule has 176 valence electrons. The summed E-state index contributed by atoms with van der Waals surface area (Å²) in [6.45, 7) is 17.1. The van der Waals surface area contributed by atoms with Gasteiger partial charge in [0.25, 0.3) is 0 Å². The summed E-state index contributed by atoms with van der Waals surface area (Å²) in [6.07, 6.45) is 5.33. The summed E-state index contributed by atoms with van der Waals surface area (Å²) in [5, 5.41) is 0. The molecule has 0 aromatic rings. The Labute approximate surface area is 187 Å². The highest BCUT2D eigenvalue weighted by Gasteiger charge is 2.30. The van der Waals surface area contributed by atoms with Crippen molar-refractivity contribution in [2.75, 3.05) is 93.6 Å². The van der Waals surface area contributed by atoms with Gasteiger partial charge in [-0.05, 0) is 87.4 Å². The average Bonchev–Trinajstić information content (AvgIpc) is 3.38. The van der Waals surface area contributed by atoms with Crippen molar-refractivity contribution in [2.24, 2.45) is 0 Å². The maximum Gasteiger partial charge on any atom is 0.0236 e. The number of hydrogen-bond donors (Lipinski definition) is 0. The van der Waals surface area contributed by atoms with E-state index in [-0.39, 0.29) is 0 Å². The normalized spacial score (nSPS) is 28.2. The predicted octanol–water partition coefficient (Wildman–Crippen LogP) is 1.43. The van der Waals surface area contributed by atoms with E-state index in [0.717, 1.165) is 18.1 Å². The number of likely N-dealkylation sites (N-methyl/N-ethyl adjacent to an activating group) is 3. The van der Waals surface area contributed by atoms with Gasteiger partial charge in [0.2, 0.25) is 0 Å². The van der Waals surface area contributed by atoms with Crippen LogP contribution in [0.15, 0.2) is 0 Å². The van der Waals surface area contributed by atoms with Gasteiger partial charge in [-0.2, -0.15) is 0 Å². The first-order chi connectivity index (χ1) is 14.3. The maximum absolute atomic E-state index is 2.82. The number of likely N-dealkylation sites (tertiary alicyclic amines) is 3. The molecule has 3 saturated heterocycles. The minimum Gasteiger partial charge on any atom is -0.306 e. The van der Waals surface area contributed by atoms with Crippen molar-refractivity contribution in [2.45, 2.75) is 63.7 Å². The highest BCUT2D eigenvalue weighted by atomic mass is 15.3. The molecule has 0 amide bonds. The van der Waals surface area contributed by atoms with Gasteiger partial charge in [0.1, 0.15) is 0 Å². The smallest absolute Gasteiger partial charge is 0.0236 e. The summed E-state index contributed by atoms with van der Waals surface area (Å²) in [6, 6.07) is 2.94. The lowest BCUT2D eigenvalue weighted by molar-refractivity contribution is 0.107. The van der Waals surface area contributed by atoms with Crippen LogP contribution in [-0.4, -0.2) is 147 Å². The average molecular weight is 423 g/mol. The third-order valence-electron chi connectivity index (χ3n) is 8.22.